The van der Waals surface area contributed by atoms with Crippen LogP contribution in [-0.2, 0) is 22.7 Å². The van der Waals surface area contributed by atoms with Crippen LogP contribution in [0.4, 0.5) is 0 Å². The molecule has 17 heavy (non-hydrogen) atoms. The van der Waals surface area contributed by atoms with Gasteiger partial charge in [-0.3, -0.25) is 0 Å². The number of esters is 2. The molecular weight excluding hydrogens is 264 g/mol. The minimum absolute atomic E-state index is 0.477. The molecule has 5 nitrogen and oxygen atoms in total. The summed E-state index contributed by atoms with van der Waals surface area (Å²) < 4.78 is 14.7. The molecule has 0 saturated heterocycles. The Hall–Kier alpha value is -0.920. The van der Waals surface area contributed by atoms with Gasteiger partial charge in [0, 0.05) is 12.2 Å². The normalized spacial score (nSPS) is 13.3. The third kappa shape index (κ3) is 8.84. The maximum Gasteiger partial charge on any atom is 0.331 e. The first-order valence-corrected chi connectivity index (χ1v) is 6.25. The van der Waals surface area contributed by atoms with Gasteiger partial charge in [0.05, 0.1) is 24.1 Å². The summed E-state index contributed by atoms with van der Waals surface area (Å²) in [6.07, 6.45) is 2.14. The molecule has 0 spiro atoms. The summed E-state index contributed by atoms with van der Waals surface area (Å²) in [6.45, 7) is 9.83. The summed E-state index contributed by atoms with van der Waals surface area (Å²) in [5.41, 5.74) is -0.953. The van der Waals surface area contributed by atoms with E-state index in [0.29, 0.717) is 0 Å². The largest absolute Gasteiger partial charge is 0.446 e. The zero-order valence-corrected chi connectivity index (χ0v) is 11.2. The highest BCUT2D eigenvalue weighted by molar-refractivity contribution is 8.08. The van der Waals surface area contributed by atoms with Crippen LogP contribution in [0.1, 0.15) is 13.8 Å². The molecule has 0 aromatic rings. The molecule has 0 aromatic carbocycles. The maximum atomic E-state index is 10.8. The number of carbonyl (C=O) groups is 2. The third-order valence-corrected chi connectivity index (χ3v) is 2.61. The Bertz CT molecular complexity index is 264. The van der Waals surface area contributed by atoms with E-state index in [1.165, 1.54) is 0 Å². The lowest BCUT2D eigenvalue weighted by molar-refractivity contribution is -0.139. The number of ether oxygens (including phenoxy) is 2. The van der Waals surface area contributed by atoms with Crippen molar-refractivity contribution in [3.63, 3.8) is 0 Å². The van der Waals surface area contributed by atoms with E-state index in [1.807, 2.05) is 0 Å². The van der Waals surface area contributed by atoms with Crippen LogP contribution in [-0.4, -0.2) is 22.8 Å². The maximum absolute atomic E-state index is 10.8. The molecule has 0 aliphatic rings. The van der Waals surface area contributed by atoms with Crippen molar-refractivity contribution in [2.24, 2.45) is 0 Å². The van der Waals surface area contributed by atoms with Crippen LogP contribution < -0.4 is 0 Å². The average Bonchev–Trinajstić information content (AvgIpc) is 2.28. The highest BCUT2D eigenvalue weighted by atomic mass is 32.2. The second-order valence-corrected chi connectivity index (χ2v) is 4.93. The molecule has 7 heteroatoms. The highest BCUT2D eigenvalue weighted by Crippen LogP contribution is 2.24. The molecule has 0 radical (unpaired) electrons. The van der Waals surface area contributed by atoms with Crippen molar-refractivity contribution in [2.45, 2.75) is 24.7 Å². The number of rotatable bonds is 8. The number of carbonyl (C=O) groups excluding carboxylic acids is 2. The Morgan fingerprint density at radius 1 is 1.00 bits per heavy atom. The van der Waals surface area contributed by atoms with Gasteiger partial charge in [0.15, 0.2) is 10.9 Å². The van der Waals surface area contributed by atoms with Crippen LogP contribution in [0.5, 0.6) is 0 Å². The molecule has 0 aliphatic carbocycles. The van der Waals surface area contributed by atoms with Crippen LogP contribution in [0.15, 0.2) is 25.3 Å². The third-order valence-electron chi connectivity index (χ3n) is 1.25. The number of hydrogen-bond donors (Lipinski definition) is 0. The minimum atomic E-state index is -0.523. The first-order valence-electron chi connectivity index (χ1n) is 4.64. The van der Waals surface area contributed by atoms with Gasteiger partial charge in [-0.25, -0.2) is 13.2 Å². The fraction of sp³-hybridized carbons (Fsp3) is 0.400. The number of hydrogen-bond acceptors (Lipinski definition) is 7. The average molecular weight is 278 g/mol. The second kappa shape index (κ2) is 9.15. The molecule has 0 bridgehead atoms. The lowest BCUT2D eigenvalue weighted by Crippen LogP contribution is -2.11. The van der Waals surface area contributed by atoms with E-state index in [9.17, 15) is 9.59 Å². The van der Waals surface area contributed by atoms with Gasteiger partial charge in [0.25, 0.3) is 0 Å². The molecular formula is C10H14O5S2. The van der Waals surface area contributed by atoms with E-state index >= 15 is 0 Å². The molecule has 0 aliphatic heterocycles. The van der Waals surface area contributed by atoms with Gasteiger partial charge >= 0.3 is 11.9 Å². The zero-order valence-electron chi connectivity index (χ0n) is 9.58. The van der Waals surface area contributed by atoms with Crippen molar-refractivity contribution < 1.29 is 22.7 Å². The van der Waals surface area contributed by atoms with Crippen LogP contribution >= 0.6 is 24.1 Å². The van der Waals surface area contributed by atoms with E-state index < -0.39 is 22.8 Å². The summed E-state index contributed by atoms with van der Waals surface area (Å²) in [4.78, 5) is 21.6. The fourth-order valence-corrected chi connectivity index (χ4v) is 1.93. The summed E-state index contributed by atoms with van der Waals surface area (Å²) >= 11 is 1.88. The molecule has 2 atom stereocenters. The summed E-state index contributed by atoms with van der Waals surface area (Å²) in [6, 6.07) is 0. The molecule has 0 aromatic heterocycles. The van der Waals surface area contributed by atoms with Crippen LogP contribution in [0.3, 0.4) is 0 Å². The van der Waals surface area contributed by atoms with Gasteiger partial charge < -0.3 is 9.47 Å². The van der Waals surface area contributed by atoms with Crippen molar-refractivity contribution in [3.8, 4) is 0 Å². The van der Waals surface area contributed by atoms with Crippen LogP contribution in [0.2, 0.25) is 0 Å². The van der Waals surface area contributed by atoms with Crippen molar-refractivity contribution in [1.82, 2.24) is 0 Å². The van der Waals surface area contributed by atoms with E-state index in [2.05, 4.69) is 13.2 Å². The lowest BCUT2D eigenvalue weighted by atomic mass is 10.6. The van der Waals surface area contributed by atoms with Gasteiger partial charge in [-0.05, 0) is 13.8 Å². The molecule has 0 fully saturated rings. The smallest absolute Gasteiger partial charge is 0.331 e. The molecule has 0 rings (SSSR count). The molecule has 96 valence electrons. The molecule has 2 unspecified atom stereocenters. The van der Waals surface area contributed by atoms with Crippen molar-refractivity contribution >= 4 is 36.0 Å². The van der Waals surface area contributed by atoms with E-state index in [1.54, 1.807) is 13.8 Å². The summed E-state index contributed by atoms with van der Waals surface area (Å²) in [7, 11) is 0. The Balaban J connectivity index is 3.68. The SMILES string of the molecule is C=CC(=O)OC(C)SOSC(C)OC(=O)C=C. The molecule has 0 amide bonds. The Labute approximate surface area is 109 Å². The highest BCUT2D eigenvalue weighted by Gasteiger charge is 2.12. The Morgan fingerprint density at radius 2 is 1.35 bits per heavy atom. The van der Waals surface area contributed by atoms with Crippen molar-refractivity contribution in [1.29, 1.82) is 0 Å². The summed E-state index contributed by atoms with van der Waals surface area (Å²) in [5, 5.41) is 0. The van der Waals surface area contributed by atoms with Crippen LogP contribution in [0, 0.1) is 0 Å². The first-order chi connectivity index (χ1) is 7.99. The standard InChI is InChI=1S/C10H14O5S2/c1-5-9(11)13-7(3)16-15-17-8(4)14-10(12)6-2/h5-8H,1-2H2,3-4H3. The zero-order chi connectivity index (χ0) is 13.3. The molecule has 0 saturated carbocycles. The Kier molecular flexibility index (Phi) is 8.65. The van der Waals surface area contributed by atoms with Gasteiger partial charge in [-0.15, -0.1) is 0 Å². The van der Waals surface area contributed by atoms with Gasteiger partial charge in [0.2, 0.25) is 0 Å². The van der Waals surface area contributed by atoms with Gasteiger partial charge in [-0.1, -0.05) is 13.2 Å². The predicted molar refractivity (Wildman–Crippen MR) is 67.8 cm³/mol. The quantitative estimate of drug-likeness (QED) is 0.292. The Morgan fingerprint density at radius 3 is 1.65 bits per heavy atom. The lowest BCUT2D eigenvalue weighted by Gasteiger charge is -2.12. The minimum Gasteiger partial charge on any atom is -0.446 e. The summed E-state index contributed by atoms with van der Waals surface area (Å²) in [5.74, 6) is -1.05. The van der Waals surface area contributed by atoms with E-state index in [-0.39, 0.29) is 0 Å². The van der Waals surface area contributed by atoms with E-state index in [4.69, 9.17) is 13.1 Å². The van der Waals surface area contributed by atoms with Crippen LogP contribution in [0.25, 0.3) is 0 Å². The second-order valence-electron chi connectivity index (χ2n) is 2.68. The molecule has 0 heterocycles. The monoisotopic (exact) mass is 278 g/mol. The van der Waals surface area contributed by atoms with Gasteiger partial charge in [0.1, 0.15) is 0 Å². The van der Waals surface area contributed by atoms with E-state index in [0.717, 1.165) is 36.2 Å². The topological polar surface area (TPSA) is 61.8 Å². The van der Waals surface area contributed by atoms with Crippen molar-refractivity contribution in [2.75, 3.05) is 0 Å². The van der Waals surface area contributed by atoms with Gasteiger partial charge in [-0.2, -0.15) is 0 Å². The predicted octanol–water partition coefficient (Wildman–Crippen LogP) is 2.45. The first kappa shape index (κ1) is 16.1. The van der Waals surface area contributed by atoms with Crippen molar-refractivity contribution in [3.05, 3.63) is 25.3 Å². The fourth-order valence-electron chi connectivity index (χ4n) is 0.596. The molecule has 0 N–H and O–H groups in total.